The highest BCUT2D eigenvalue weighted by Crippen LogP contribution is 2.33. The van der Waals surface area contributed by atoms with Crippen molar-refractivity contribution in [3.05, 3.63) is 53.9 Å². The second kappa shape index (κ2) is 7.82. The number of amides is 2. The van der Waals surface area contributed by atoms with Crippen LogP contribution in [0.2, 0.25) is 0 Å². The standard InChI is InChI=1S/C23H29N3O2/c1-3-17-6-4-7-19(14-17)26-21(27)15-25-13-5-8-20(25)22(26)23(28)24-18-11-9-16(2)10-12-18/h4-8,13-14,16,18,22H,3,9-12,15H2,1-2H3,(H,24,28)/t16?,18?,22-/m1/s1. The van der Waals surface area contributed by atoms with Gasteiger partial charge in [0.15, 0.2) is 6.04 Å². The van der Waals surface area contributed by atoms with E-state index in [9.17, 15) is 9.59 Å². The van der Waals surface area contributed by atoms with Crippen LogP contribution in [-0.4, -0.2) is 22.4 Å². The molecule has 148 valence electrons. The second-order valence-electron chi connectivity index (χ2n) is 8.22. The first-order valence-corrected chi connectivity index (χ1v) is 10.4. The van der Waals surface area contributed by atoms with Crippen LogP contribution in [0.3, 0.4) is 0 Å². The Morgan fingerprint density at radius 1 is 1.14 bits per heavy atom. The van der Waals surface area contributed by atoms with E-state index in [2.05, 4.69) is 25.2 Å². The zero-order chi connectivity index (χ0) is 19.7. The van der Waals surface area contributed by atoms with Gasteiger partial charge in [0, 0.05) is 17.9 Å². The quantitative estimate of drug-likeness (QED) is 0.878. The summed E-state index contributed by atoms with van der Waals surface area (Å²) in [5.41, 5.74) is 2.84. The molecule has 0 bridgehead atoms. The number of rotatable bonds is 4. The van der Waals surface area contributed by atoms with Gasteiger partial charge in [0.25, 0.3) is 0 Å². The summed E-state index contributed by atoms with van der Waals surface area (Å²) >= 11 is 0. The highest BCUT2D eigenvalue weighted by Gasteiger charge is 2.39. The maximum atomic E-state index is 13.4. The number of benzene rings is 1. The molecule has 1 aliphatic carbocycles. The summed E-state index contributed by atoms with van der Waals surface area (Å²) in [6, 6.07) is 11.4. The molecule has 5 nitrogen and oxygen atoms in total. The SMILES string of the molecule is CCc1cccc(N2C(=O)Cn3cccc3[C@@H]2C(=O)NC2CCC(C)CC2)c1. The minimum Gasteiger partial charge on any atom is -0.351 e. The summed E-state index contributed by atoms with van der Waals surface area (Å²) in [6.07, 6.45) is 7.10. The maximum absolute atomic E-state index is 13.4. The average molecular weight is 380 g/mol. The van der Waals surface area contributed by atoms with Crippen LogP contribution < -0.4 is 10.2 Å². The molecule has 0 spiro atoms. The Hall–Kier alpha value is -2.56. The van der Waals surface area contributed by atoms with E-state index in [0.717, 1.165) is 55.0 Å². The van der Waals surface area contributed by atoms with Gasteiger partial charge in [0.1, 0.15) is 6.54 Å². The third kappa shape index (κ3) is 3.58. The first-order chi connectivity index (χ1) is 13.6. The van der Waals surface area contributed by atoms with E-state index in [1.54, 1.807) is 4.90 Å². The molecule has 2 aliphatic rings. The minimum absolute atomic E-state index is 0.0469. The van der Waals surface area contributed by atoms with E-state index >= 15 is 0 Å². The molecule has 2 amide bonds. The fourth-order valence-corrected chi connectivity index (χ4v) is 4.47. The molecule has 5 heteroatoms. The predicted molar refractivity (Wildman–Crippen MR) is 110 cm³/mol. The number of hydrogen-bond donors (Lipinski definition) is 1. The fraction of sp³-hybridized carbons (Fsp3) is 0.478. The molecule has 1 aromatic heterocycles. The molecule has 28 heavy (non-hydrogen) atoms. The lowest BCUT2D eigenvalue weighted by Gasteiger charge is -2.37. The topological polar surface area (TPSA) is 54.3 Å². The maximum Gasteiger partial charge on any atom is 0.249 e. The zero-order valence-electron chi connectivity index (χ0n) is 16.7. The normalized spacial score (nSPS) is 24.7. The minimum atomic E-state index is -0.622. The number of carbonyl (C=O) groups is 2. The van der Waals surface area contributed by atoms with E-state index in [4.69, 9.17) is 0 Å². The van der Waals surface area contributed by atoms with Crippen LogP contribution in [0.25, 0.3) is 0 Å². The zero-order valence-corrected chi connectivity index (χ0v) is 16.7. The molecule has 2 aromatic rings. The first-order valence-electron chi connectivity index (χ1n) is 10.4. The van der Waals surface area contributed by atoms with Crippen LogP contribution in [-0.2, 0) is 22.6 Å². The lowest BCUT2D eigenvalue weighted by atomic mass is 9.87. The molecule has 1 aliphatic heterocycles. The van der Waals surface area contributed by atoms with Crippen molar-refractivity contribution in [1.29, 1.82) is 0 Å². The lowest BCUT2D eigenvalue weighted by Crippen LogP contribution is -2.51. The number of fused-ring (bicyclic) bond motifs is 1. The fourth-order valence-electron chi connectivity index (χ4n) is 4.47. The van der Waals surface area contributed by atoms with E-state index in [-0.39, 0.29) is 24.4 Å². The summed E-state index contributed by atoms with van der Waals surface area (Å²) in [5, 5.41) is 3.24. The number of nitrogens with zero attached hydrogens (tertiary/aromatic N) is 2. The van der Waals surface area contributed by atoms with Gasteiger partial charge in [-0.25, -0.2) is 0 Å². The average Bonchev–Trinajstić information content (AvgIpc) is 3.16. The number of hydrogen-bond acceptors (Lipinski definition) is 2. The van der Waals surface area contributed by atoms with Crippen molar-refractivity contribution < 1.29 is 9.59 Å². The van der Waals surface area contributed by atoms with Crippen molar-refractivity contribution >= 4 is 17.5 Å². The van der Waals surface area contributed by atoms with E-state index in [1.165, 1.54) is 0 Å². The highest BCUT2D eigenvalue weighted by molar-refractivity contribution is 6.02. The Kier molecular flexibility index (Phi) is 5.25. The number of aromatic nitrogens is 1. The van der Waals surface area contributed by atoms with Gasteiger partial charge < -0.3 is 9.88 Å². The number of anilines is 1. The molecule has 0 radical (unpaired) electrons. The smallest absolute Gasteiger partial charge is 0.249 e. The molecule has 1 fully saturated rings. The molecule has 0 unspecified atom stereocenters. The van der Waals surface area contributed by atoms with Crippen LogP contribution in [0, 0.1) is 5.92 Å². The van der Waals surface area contributed by atoms with Crippen LogP contribution >= 0.6 is 0 Å². The molecular formula is C23H29N3O2. The van der Waals surface area contributed by atoms with Crippen LogP contribution in [0.15, 0.2) is 42.6 Å². The Morgan fingerprint density at radius 3 is 2.68 bits per heavy atom. The molecular weight excluding hydrogens is 350 g/mol. The number of aryl methyl sites for hydroxylation is 1. The van der Waals surface area contributed by atoms with Gasteiger partial charge in [-0.15, -0.1) is 0 Å². The molecule has 1 saturated carbocycles. The number of nitrogens with one attached hydrogen (secondary N) is 1. The van der Waals surface area contributed by atoms with Crippen molar-refractivity contribution in [1.82, 2.24) is 9.88 Å². The summed E-state index contributed by atoms with van der Waals surface area (Å²) < 4.78 is 1.90. The van der Waals surface area contributed by atoms with Crippen molar-refractivity contribution in [3.63, 3.8) is 0 Å². The van der Waals surface area contributed by atoms with Gasteiger partial charge in [-0.05, 0) is 67.9 Å². The highest BCUT2D eigenvalue weighted by atomic mass is 16.2. The molecule has 1 atom stereocenters. The van der Waals surface area contributed by atoms with Crippen molar-refractivity contribution in [2.75, 3.05) is 4.90 Å². The summed E-state index contributed by atoms with van der Waals surface area (Å²) in [7, 11) is 0. The third-order valence-corrected chi connectivity index (χ3v) is 6.18. The van der Waals surface area contributed by atoms with Crippen molar-refractivity contribution in [2.24, 2.45) is 5.92 Å². The van der Waals surface area contributed by atoms with E-state index < -0.39 is 6.04 Å². The molecule has 4 rings (SSSR count). The molecule has 2 heterocycles. The van der Waals surface area contributed by atoms with Gasteiger partial charge in [0.05, 0.1) is 5.69 Å². The summed E-state index contributed by atoms with van der Waals surface area (Å²) in [4.78, 5) is 28.1. The van der Waals surface area contributed by atoms with Gasteiger partial charge in [-0.1, -0.05) is 26.0 Å². The van der Waals surface area contributed by atoms with Gasteiger partial charge >= 0.3 is 0 Å². The van der Waals surface area contributed by atoms with Crippen LogP contribution in [0.4, 0.5) is 5.69 Å². The predicted octanol–water partition coefficient (Wildman–Crippen LogP) is 3.83. The Morgan fingerprint density at radius 2 is 1.93 bits per heavy atom. The van der Waals surface area contributed by atoms with Gasteiger partial charge in [0.2, 0.25) is 11.8 Å². The van der Waals surface area contributed by atoms with Crippen LogP contribution in [0.1, 0.15) is 56.8 Å². The van der Waals surface area contributed by atoms with E-state index in [1.807, 2.05) is 41.1 Å². The Bertz CT molecular complexity index is 864. The molecule has 1 aromatic carbocycles. The van der Waals surface area contributed by atoms with Crippen molar-refractivity contribution in [3.8, 4) is 0 Å². The summed E-state index contributed by atoms with van der Waals surface area (Å²) in [5.74, 6) is 0.610. The Balaban J connectivity index is 1.65. The van der Waals surface area contributed by atoms with Gasteiger partial charge in [-0.2, -0.15) is 0 Å². The number of carbonyl (C=O) groups excluding carboxylic acids is 2. The first kappa shape index (κ1) is 18.8. The van der Waals surface area contributed by atoms with Crippen molar-refractivity contribution in [2.45, 2.75) is 64.6 Å². The van der Waals surface area contributed by atoms with E-state index in [0.29, 0.717) is 0 Å². The lowest BCUT2D eigenvalue weighted by molar-refractivity contribution is -0.128. The van der Waals surface area contributed by atoms with Gasteiger partial charge in [-0.3, -0.25) is 14.5 Å². The largest absolute Gasteiger partial charge is 0.351 e. The molecule has 0 saturated heterocycles. The third-order valence-electron chi connectivity index (χ3n) is 6.18. The second-order valence-corrected chi connectivity index (χ2v) is 8.22. The summed E-state index contributed by atoms with van der Waals surface area (Å²) in [6.45, 7) is 4.63. The molecule has 1 N–H and O–H groups in total. The van der Waals surface area contributed by atoms with Crippen LogP contribution in [0.5, 0.6) is 0 Å². The monoisotopic (exact) mass is 379 g/mol. The Labute approximate surface area is 166 Å².